The smallest absolute Gasteiger partial charge is 0.153 e. The Morgan fingerprint density at radius 3 is 2.56 bits per heavy atom. The molecule has 2 fully saturated rings. The van der Waals surface area contributed by atoms with Gasteiger partial charge in [-0.15, -0.1) is 0 Å². The number of unbranched alkanes of at least 4 members (excludes halogenated alkanes) is 2. The van der Waals surface area contributed by atoms with Crippen LogP contribution in [0.1, 0.15) is 39.0 Å². The van der Waals surface area contributed by atoms with Gasteiger partial charge in [0.05, 0.1) is 11.5 Å². The summed E-state index contributed by atoms with van der Waals surface area (Å²) in [4.78, 5) is 2.38. The van der Waals surface area contributed by atoms with Crippen molar-refractivity contribution in [3.63, 3.8) is 0 Å². The average Bonchev–Trinajstić information content (AvgIpc) is 2.91. The molecule has 2 heterocycles. The molecule has 4 nitrogen and oxygen atoms in total. The average molecular weight is 274 g/mol. The Labute approximate surface area is 111 Å². The van der Waals surface area contributed by atoms with Crippen LogP contribution in [0.3, 0.4) is 0 Å². The Balaban J connectivity index is 1.88. The van der Waals surface area contributed by atoms with Gasteiger partial charge in [-0.3, -0.25) is 4.90 Å². The summed E-state index contributed by atoms with van der Waals surface area (Å²) < 4.78 is 23.7. The molecule has 0 unspecified atom stereocenters. The molecule has 2 aliphatic rings. The van der Waals surface area contributed by atoms with E-state index in [0.29, 0.717) is 11.5 Å². The molecule has 0 saturated carbocycles. The second-order valence-corrected chi connectivity index (χ2v) is 7.81. The molecule has 0 aromatic heterocycles. The minimum absolute atomic E-state index is 0.157. The summed E-state index contributed by atoms with van der Waals surface area (Å²) >= 11 is 0. The van der Waals surface area contributed by atoms with Crippen molar-refractivity contribution in [2.75, 3.05) is 31.1 Å². The molecule has 1 N–H and O–H groups in total. The van der Waals surface area contributed by atoms with E-state index in [2.05, 4.69) is 17.1 Å². The van der Waals surface area contributed by atoms with Crippen LogP contribution in [0.4, 0.5) is 0 Å². The third-order valence-electron chi connectivity index (χ3n) is 4.12. The summed E-state index contributed by atoms with van der Waals surface area (Å²) in [5.74, 6) is 0.693. The molecule has 0 radical (unpaired) electrons. The minimum atomic E-state index is -2.83. The molecule has 2 saturated heterocycles. The molecule has 106 valence electrons. The maximum Gasteiger partial charge on any atom is 0.153 e. The summed E-state index contributed by atoms with van der Waals surface area (Å²) in [6.07, 6.45) is 6.03. The lowest BCUT2D eigenvalue weighted by atomic mass is 10.1. The van der Waals surface area contributed by atoms with Crippen molar-refractivity contribution < 1.29 is 8.42 Å². The van der Waals surface area contributed by atoms with E-state index in [4.69, 9.17) is 0 Å². The van der Waals surface area contributed by atoms with Crippen molar-refractivity contribution in [3.8, 4) is 0 Å². The topological polar surface area (TPSA) is 49.4 Å². The Morgan fingerprint density at radius 1 is 1.17 bits per heavy atom. The Morgan fingerprint density at radius 2 is 1.89 bits per heavy atom. The van der Waals surface area contributed by atoms with Crippen LogP contribution < -0.4 is 5.32 Å². The molecule has 2 aliphatic heterocycles. The highest BCUT2D eigenvalue weighted by atomic mass is 32.2. The lowest BCUT2D eigenvalue weighted by molar-refractivity contribution is 0.226. The standard InChI is InChI=1S/C13H26N2O2S/c1-2-3-4-7-14-12-10-18(16,17)11-13(12)15-8-5-6-9-15/h12-14H,2-11H2,1H3/t12-,13+/m1/s1. The Kier molecular flexibility index (Phi) is 5.04. The van der Waals surface area contributed by atoms with Crippen molar-refractivity contribution >= 4 is 9.84 Å². The Hall–Kier alpha value is -0.130. The zero-order valence-corrected chi connectivity index (χ0v) is 12.2. The quantitative estimate of drug-likeness (QED) is 0.735. The van der Waals surface area contributed by atoms with Gasteiger partial charge in [0.25, 0.3) is 0 Å². The molecule has 5 heteroatoms. The van der Waals surface area contributed by atoms with Crippen LogP contribution in [-0.2, 0) is 9.84 Å². The van der Waals surface area contributed by atoms with E-state index in [1.807, 2.05) is 0 Å². The number of sulfone groups is 1. The van der Waals surface area contributed by atoms with Crippen molar-refractivity contribution in [3.05, 3.63) is 0 Å². The van der Waals surface area contributed by atoms with Crippen molar-refractivity contribution in [2.24, 2.45) is 0 Å². The SMILES string of the molecule is CCCCCN[C@@H]1CS(=O)(=O)C[C@@H]1N1CCCC1. The monoisotopic (exact) mass is 274 g/mol. The number of likely N-dealkylation sites (tertiary alicyclic amines) is 1. The lowest BCUT2D eigenvalue weighted by Crippen LogP contribution is -2.48. The molecule has 0 aliphatic carbocycles. The lowest BCUT2D eigenvalue weighted by Gasteiger charge is -2.28. The molecule has 0 amide bonds. The Bertz CT molecular complexity index is 350. The first kappa shape index (κ1) is 14.3. The summed E-state index contributed by atoms with van der Waals surface area (Å²) in [5, 5.41) is 3.48. The fraction of sp³-hybridized carbons (Fsp3) is 1.00. The van der Waals surface area contributed by atoms with Crippen LogP contribution in [0.15, 0.2) is 0 Å². The third-order valence-corrected chi connectivity index (χ3v) is 5.84. The van der Waals surface area contributed by atoms with E-state index in [0.717, 1.165) is 26.1 Å². The summed E-state index contributed by atoms with van der Waals surface area (Å²) in [6, 6.07) is 0.379. The van der Waals surface area contributed by atoms with E-state index in [9.17, 15) is 8.42 Å². The maximum atomic E-state index is 11.8. The van der Waals surface area contributed by atoms with Gasteiger partial charge in [-0.05, 0) is 38.9 Å². The number of hydrogen-bond donors (Lipinski definition) is 1. The van der Waals surface area contributed by atoms with Crippen molar-refractivity contribution in [1.82, 2.24) is 10.2 Å². The van der Waals surface area contributed by atoms with Gasteiger partial charge in [0.1, 0.15) is 0 Å². The van der Waals surface area contributed by atoms with Crippen LogP contribution in [-0.4, -0.2) is 56.5 Å². The first-order valence-electron chi connectivity index (χ1n) is 7.30. The van der Waals surface area contributed by atoms with Gasteiger partial charge in [0.15, 0.2) is 9.84 Å². The molecule has 2 rings (SSSR count). The van der Waals surface area contributed by atoms with Gasteiger partial charge in [0, 0.05) is 12.1 Å². The molecular formula is C13H26N2O2S. The summed E-state index contributed by atoms with van der Waals surface area (Å²) in [7, 11) is -2.83. The van der Waals surface area contributed by atoms with Crippen LogP contribution >= 0.6 is 0 Å². The number of hydrogen-bond acceptors (Lipinski definition) is 4. The van der Waals surface area contributed by atoms with E-state index >= 15 is 0 Å². The second-order valence-electron chi connectivity index (χ2n) is 5.66. The first-order chi connectivity index (χ1) is 8.62. The van der Waals surface area contributed by atoms with Crippen LogP contribution in [0, 0.1) is 0 Å². The van der Waals surface area contributed by atoms with Crippen molar-refractivity contribution in [2.45, 2.75) is 51.1 Å². The molecule has 0 bridgehead atoms. The van der Waals surface area contributed by atoms with Gasteiger partial charge >= 0.3 is 0 Å². The highest BCUT2D eigenvalue weighted by Gasteiger charge is 2.41. The molecule has 18 heavy (non-hydrogen) atoms. The molecular weight excluding hydrogens is 248 g/mol. The summed E-state index contributed by atoms with van der Waals surface area (Å²) in [5.41, 5.74) is 0. The molecule has 0 spiro atoms. The maximum absolute atomic E-state index is 11.8. The van der Waals surface area contributed by atoms with Gasteiger partial charge in [-0.1, -0.05) is 19.8 Å². The first-order valence-corrected chi connectivity index (χ1v) is 9.12. The van der Waals surface area contributed by atoms with Gasteiger partial charge in [0.2, 0.25) is 0 Å². The predicted octanol–water partition coefficient (Wildman–Crippen LogP) is 1.03. The van der Waals surface area contributed by atoms with Gasteiger partial charge in [-0.2, -0.15) is 0 Å². The van der Waals surface area contributed by atoms with E-state index in [1.54, 1.807) is 0 Å². The second kappa shape index (κ2) is 6.35. The van der Waals surface area contributed by atoms with E-state index in [1.165, 1.54) is 25.7 Å². The minimum Gasteiger partial charge on any atom is -0.311 e. The predicted molar refractivity (Wildman–Crippen MR) is 74.6 cm³/mol. The van der Waals surface area contributed by atoms with E-state index < -0.39 is 9.84 Å². The van der Waals surface area contributed by atoms with Gasteiger partial charge < -0.3 is 5.32 Å². The number of nitrogens with one attached hydrogen (secondary N) is 1. The molecule has 2 atom stereocenters. The number of nitrogens with zero attached hydrogens (tertiary/aromatic N) is 1. The molecule has 0 aromatic rings. The zero-order valence-electron chi connectivity index (χ0n) is 11.4. The highest BCUT2D eigenvalue weighted by Crippen LogP contribution is 2.22. The fourth-order valence-corrected chi connectivity index (χ4v) is 5.11. The largest absolute Gasteiger partial charge is 0.311 e. The van der Waals surface area contributed by atoms with Crippen LogP contribution in [0.25, 0.3) is 0 Å². The van der Waals surface area contributed by atoms with Gasteiger partial charge in [-0.25, -0.2) is 8.42 Å². The fourth-order valence-electron chi connectivity index (χ4n) is 3.12. The number of rotatable bonds is 6. The van der Waals surface area contributed by atoms with E-state index in [-0.39, 0.29) is 12.1 Å². The summed E-state index contributed by atoms with van der Waals surface area (Å²) in [6.45, 7) is 5.30. The van der Waals surface area contributed by atoms with Crippen molar-refractivity contribution in [1.29, 1.82) is 0 Å². The van der Waals surface area contributed by atoms with Crippen LogP contribution in [0.5, 0.6) is 0 Å². The third kappa shape index (κ3) is 3.68. The normalized spacial score (nSPS) is 32.1. The molecule has 0 aromatic carbocycles. The zero-order chi connectivity index (χ0) is 13.0. The van der Waals surface area contributed by atoms with Crippen LogP contribution in [0.2, 0.25) is 0 Å². The highest BCUT2D eigenvalue weighted by molar-refractivity contribution is 7.91.